The number of thioether (sulfide) groups is 1. The largest absolute Gasteiger partial charge is 0.506 e. The monoisotopic (exact) mass is 420 g/mol. The van der Waals surface area contributed by atoms with Crippen LogP contribution in [-0.2, 0) is 9.53 Å². The van der Waals surface area contributed by atoms with Gasteiger partial charge in [-0.3, -0.25) is 4.98 Å². The van der Waals surface area contributed by atoms with Gasteiger partial charge < -0.3 is 9.84 Å². The first-order valence-corrected chi connectivity index (χ1v) is 9.51. The molecule has 1 aliphatic heterocycles. The number of aliphatic hydroxyl groups is 1. The standard InChI is InChI=1S/C19H14Cl2N2O3S/c1-2-26-19(25)16-17(24)15(8-11-4-3-7-22-10-11)27-18(16)23-14-6-5-12(20)9-13(14)21/h3-10,24H,2H2,1H3/b15-8-,23-18?. The van der Waals surface area contributed by atoms with Gasteiger partial charge in [-0.05, 0) is 42.8 Å². The maximum atomic E-state index is 12.4. The zero-order valence-electron chi connectivity index (χ0n) is 14.1. The maximum Gasteiger partial charge on any atom is 0.344 e. The van der Waals surface area contributed by atoms with Crippen molar-refractivity contribution in [2.45, 2.75) is 6.92 Å². The van der Waals surface area contributed by atoms with Crippen molar-refractivity contribution in [3.05, 3.63) is 74.6 Å². The van der Waals surface area contributed by atoms with Gasteiger partial charge in [-0.2, -0.15) is 0 Å². The number of aromatic nitrogens is 1. The van der Waals surface area contributed by atoms with Crippen LogP contribution in [0.2, 0.25) is 10.0 Å². The molecule has 1 aromatic carbocycles. The predicted molar refractivity (Wildman–Crippen MR) is 110 cm³/mol. The molecular formula is C19H14Cl2N2O3S. The van der Waals surface area contributed by atoms with E-state index in [0.29, 0.717) is 25.7 Å². The molecule has 3 rings (SSSR count). The minimum absolute atomic E-state index is 0.00278. The van der Waals surface area contributed by atoms with E-state index in [1.165, 1.54) is 0 Å². The normalized spacial score (nSPS) is 17.0. The Morgan fingerprint density at radius 1 is 1.37 bits per heavy atom. The Labute approximate surface area is 170 Å². The highest BCUT2D eigenvalue weighted by atomic mass is 35.5. The van der Waals surface area contributed by atoms with Crippen LogP contribution >= 0.6 is 35.0 Å². The van der Waals surface area contributed by atoms with Gasteiger partial charge in [0.2, 0.25) is 0 Å². The number of halogens is 2. The molecule has 138 valence electrons. The fourth-order valence-electron chi connectivity index (χ4n) is 2.29. The number of aliphatic imine (C=N–C) groups is 1. The molecule has 0 unspecified atom stereocenters. The number of hydrogen-bond acceptors (Lipinski definition) is 6. The molecule has 0 amide bonds. The van der Waals surface area contributed by atoms with Gasteiger partial charge in [0.1, 0.15) is 16.4 Å². The zero-order valence-corrected chi connectivity index (χ0v) is 16.5. The van der Waals surface area contributed by atoms with Crippen LogP contribution in [0.1, 0.15) is 12.5 Å². The maximum absolute atomic E-state index is 12.4. The first kappa shape index (κ1) is 19.5. The molecule has 0 atom stereocenters. The molecule has 27 heavy (non-hydrogen) atoms. The highest BCUT2D eigenvalue weighted by molar-refractivity contribution is 8.18. The minimum atomic E-state index is -0.652. The lowest BCUT2D eigenvalue weighted by atomic mass is 10.2. The lowest BCUT2D eigenvalue weighted by Crippen LogP contribution is -2.12. The van der Waals surface area contributed by atoms with Crippen molar-refractivity contribution in [3.8, 4) is 0 Å². The third kappa shape index (κ3) is 4.53. The highest BCUT2D eigenvalue weighted by Gasteiger charge is 2.33. The van der Waals surface area contributed by atoms with E-state index < -0.39 is 5.97 Å². The van der Waals surface area contributed by atoms with Crippen LogP contribution in [-0.4, -0.2) is 27.7 Å². The van der Waals surface area contributed by atoms with Gasteiger partial charge in [0.05, 0.1) is 22.2 Å². The predicted octanol–water partition coefficient (Wildman–Crippen LogP) is 5.58. The molecule has 2 heterocycles. The van der Waals surface area contributed by atoms with Crippen LogP contribution in [0.5, 0.6) is 0 Å². The number of nitrogens with zero attached hydrogens (tertiary/aromatic N) is 2. The van der Waals surface area contributed by atoms with Gasteiger partial charge in [-0.1, -0.05) is 41.0 Å². The molecule has 0 bridgehead atoms. The van der Waals surface area contributed by atoms with E-state index in [1.807, 2.05) is 6.07 Å². The Morgan fingerprint density at radius 3 is 2.85 bits per heavy atom. The fraction of sp³-hybridized carbons (Fsp3) is 0.105. The number of pyridine rings is 1. The summed E-state index contributed by atoms with van der Waals surface area (Å²) in [6.45, 7) is 1.87. The zero-order chi connectivity index (χ0) is 19.4. The van der Waals surface area contributed by atoms with Crippen LogP contribution in [0.25, 0.3) is 6.08 Å². The van der Waals surface area contributed by atoms with Crippen molar-refractivity contribution < 1.29 is 14.6 Å². The van der Waals surface area contributed by atoms with Crippen LogP contribution in [0.3, 0.4) is 0 Å². The number of ether oxygens (including phenoxy) is 1. The van der Waals surface area contributed by atoms with Crippen molar-refractivity contribution >= 4 is 57.7 Å². The summed E-state index contributed by atoms with van der Waals surface area (Å²) in [5.74, 6) is -0.841. The summed E-state index contributed by atoms with van der Waals surface area (Å²) in [5, 5.41) is 11.7. The second-order valence-electron chi connectivity index (χ2n) is 5.35. The van der Waals surface area contributed by atoms with Crippen molar-refractivity contribution in [2.24, 2.45) is 4.99 Å². The SMILES string of the molecule is CCOC(=O)C1=C(O)/C(=C/c2cccnc2)SC1=Nc1ccc(Cl)cc1Cl. The first-order chi connectivity index (χ1) is 13.0. The third-order valence-corrected chi connectivity index (χ3v) is 5.04. The number of aliphatic hydroxyl groups excluding tert-OH is 1. The van der Waals surface area contributed by atoms with Crippen molar-refractivity contribution in [1.82, 2.24) is 4.98 Å². The fourth-order valence-corrected chi connectivity index (χ4v) is 3.76. The van der Waals surface area contributed by atoms with Crippen LogP contribution in [0.15, 0.2) is 64.0 Å². The number of hydrogen-bond donors (Lipinski definition) is 1. The summed E-state index contributed by atoms with van der Waals surface area (Å²) >= 11 is 13.2. The smallest absolute Gasteiger partial charge is 0.344 e. The van der Waals surface area contributed by atoms with Gasteiger partial charge in [-0.15, -0.1) is 0 Å². The molecule has 0 radical (unpaired) electrons. The van der Waals surface area contributed by atoms with E-state index in [-0.39, 0.29) is 17.9 Å². The first-order valence-electron chi connectivity index (χ1n) is 7.94. The third-order valence-electron chi connectivity index (χ3n) is 3.48. The number of carbonyl (C=O) groups excluding carboxylic acids is 1. The summed E-state index contributed by atoms with van der Waals surface area (Å²) < 4.78 is 5.07. The lowest BCUT2D eigenvalue weighted by Gasteiger charge is -2.05. The van der Waals surface area contributed by atoms with E-state index >= 15 is 0 Å². The van der Waals surface area contributed by atoms with Crippen LogP contribution < -0.4 is 0 Å². The van der Waals surface area contributed by atoms with Gasteiger partial charge in [0, 0.05) is 17.4 Å². The Kier molecular flexibility index (Phi) is 6.21. The van der Waals surface area contributed by atoms with Crippen LogP contribution in [0, 0.1) is 0 Å². The quantitative estimate of drug-likeness (QED) is 0.653. The molecule has 8 heteroatoms. The topological polar surface area (TPSA) is 71.8 Å². The lowest BCUT2D eigenvalue weighted by molar-refractivity contribution is -0.138. The summed E-state index contributed by atoms with van der Waals surface area (Å²) in [6.07, 6.45) is 5.02. The van der Waals surface area contributed by atoms with E-state index in [9.17, 15) is 9.90 Å². The molecular weight excluding hydrogens is 407 g/mol. The van der Waals surface area contributed by atoms with E-state index in [1.54, 1.807) is 49.7 Å². The van der Waals surface area contributed by atoms with Crippen molar-refractivity contribution in [1.29, 1.82) is 0 Å². The Balaban J connectivity index is 2.06. The molecule has 2 aromatic rings. The van der Waals surface area contributed by atoms with E-state index in [4.69, 9.17) is 27.9 Å². The summed E-state index contributed by atoms with van der Waals surface area (Å²) in [5.41, 5.74) is 1.21. The minimum Gasteiger partial charge on any atom is -0.506 e. The molecule has 5 nitrogen and oxygen atoms in total. The molecule has 1 aromatic heterocycles. The average molecular weight is 421 g/mol. The van der Waals surface area contributed by atoms with Crippen LogP contribution in [0.4, 0.5) is 5.69 Å². The molecule has 0 fully saturated rings. The summed E-state index contributed by atoms with van der Waals surface area (Å²) in [7, 11) is 0. The highest BCUT2D eigenvalue weighted by Crippen LogP contribution is 2.41. The number of benzene rings is 1. The molecule has 1 aliphatic rings. The number of rotatable bonds is 4. The van der Waals surface area contributed by atoms with Gasteiger partial charge in [0.25, 0.3) is 0 Å². The van der Waals surface area contributed by atoms with Gasteiger partial charge in [0.15, 0.2) is 0 Å². The van der Waals surface area contributed by atoms with E-state index in [2.05, 4.69) is 9.98 Å². The number of carbonyl (C=O) groups is 1. The number of esters is 1. The molecule has 1 N–H and O–H groups in total. The second kappa shape index (κ2) is 8.61. The Hall–Kier alpha value is -2.28. The van der Waals surface area contributed by atoms with Gasteiger partial charge >= 0.3 is 5.97 Å². The molecule has 0 aliphatic carbocycles. The van der Waals surface area contributed by atoms with Gasteiger partial charge in [-0.25, -0.2) is 9.79 Å². The molecule has 0 spiro atoms. The van der Waals surface area contributed by atoms with Crippen molar-refractivity contribution in [3.63, 3.8) is 0 Å². The molecule has 0 saturated carbocycles. The Morgan fingerprint density at radius 2 is 2.19 bits per heavy atom. The average Bonchev–Trinajstić information content (AvgIpc) is 2.94. The summed E-state index contributed by atoms with van der Waals surface area (Å²) in [4.78, 5) is 21.3. The Bertz CT molecular complexity index is 972. The van der Waals surface area contributed by atoms with E-state index in [0.717, 1.165) is 17.3 Å². The summed E-state index contributed by atoms with van der Waals surface area (Å²) in [6, 6.07) is 8.46. The molecule has 0 saturated heterocycles. The second-order valence-corrected chi connectivity index (χ2v) is 7.23. The van der Waals surface area contributed by atoms with Crippen molar-refractivity contribution in [2.75, 3.05) is 6.61 Å².